The van der Waals surface area contributed by atoms with Crippen molar-refractivity contribution in [2.45, 2.75) is 11.3 Å². The number of nitrogens with zero attached hydrogens (tertiary/aromatic N) is 1. The van der Waals surface area contributed by atoms with Crippen LogP contribution in [0.25, 0.3) is 0 Å². The Balaban J connectivity index is 2.37. The number of phenolic OH excluding ortho intramolecular Hbond substituents is 1. The van der Waals surface area contributed by atoms with E-state index in [1.807, 2.05) is 0 Å². The first-order chi connectivity index (χ1) is 12.6. The van der Waals surface area contributed by atoms with Gasteiger partial charge in [0.25, 0.3) is 0 Å². The molecule has 0 aromatic heterocycles. The molecule has 0 bridgehead atoms. The fraction of sp³-hybridized carbons (Fsp3) is 0.235. The molecule has 10 heteroatoms. The summed E-state index contributed by atoms with van der Waals surface area (Å²) < 4.78 is 44.3. The highest BCUT2D eigenvalue weighted by Crippen LogP contribution is 2.35. The van der Waals surface area contributed by atoms with Crippen LogP contribution < -0.4 is 0 Å². The van der Waals surface area contributed by atoms with Gasteiger partial charge in [0.15, 0.2) is 5.75 Å². The second-order valence-corrected chi connectivity index (χ2v) is 8.28. The first-order valence-corrected chi connectivity index (χ1v) is 9.84. The number of phenols is 1. The van der Waals surface area contributed by atoms with Gasteiger partial charge in [0.1, 0.15) is 17.3 Å². The van der Waals surface area contributed by atoms with Crippen LogP contribution in [0.3, 0.4) is 0 Å². The molecule has 0 aliphatic rings. The van der Waals surface area contributed by atoms with Crippen molar-refractivity contribution in [3.05, 3.63) is 57.8 Å². The number of aromatic hydroxyl groups is 1. The first-order valence-electron chi connectivity index (χ1n) is 7.64. The summed E-state index contributed by atoms with van der Waals surface area (Å²) in [4.78, 5) is 11.2. The van der Waals surface area contributed by atoms with Crippen LogP contribution >= 0.6 is 23.2 Å². The smallest absolute Gasteiger partial charge is 0.321 e. The molecule has 2 aromatic carbocycles. The topological polar surface area (TPSA) is 83.9 Å². The monoisotopic (exact) mass is 435 g/mol. The Bertz CT molecular complexity index is 935. The molecular formula is C17H16Cl2FNO5S. The molecule has 1 N–H and O–H groups in total. The molecule has 0 radical (unpaired) electrons. The van der Waals surface area contributed by atoms with Crippen LogP contribution in [0.4, 0.5) is 4.39 Å². The number of carbonyl (C=O) groups excluding carboxylic acids is 1. The van der Waals surface area contributed by atoms with E-state index in [2.05, 4.69) is 4.74 Å². The standard InChI is InChI=1S/C17H16Cl2FNO5S/c1-26-16(22)10-21(7-6-11-2-4-13(20)5-3-11)27(24,25)15-9-12(18)8-14(19)17(15)23/h2-5,8-9,23H,6-7,10H2,1H3. The van der Waals surface area contributed by atoms with E-state index < -0.39 is 39.0 Å². The van der Waals surface area contributed by atoms with Gasteiger partial charge in [-0.1, -0.05) is 35.3 Å². The van der Waals surface area contributed by atoms with E-state index in [0.717, 1.165) is 17.5 Å². The van der Waals surface area contributed by atoms with Crippen LogP contribution in [-0.4, -0.2) is 44.0 Å². The summed E-state index contributed by atoms with van der Waals surface area (Å²) in [6.45, 7) is -0.698. The summed E-state index contributed by atoms with van der Waals surface area (Å²) >= 11 is 11.7. The Morgan fingerprint density at radius 1 is 1.22 bits per heavy atom. The lowest BCUT2D eigenvalue weighted by molar-refractivity contribution is -0.140. The molecule has 2 rings (SSSR count). The van der Waals surface area contributed by atoms with E-state index >= 15 is 0 Å². The van der Waals surface area contributed by atoms with Gasteiger partial charge in [-0.15, -0.1) is 0 Å². The Hall–Kier alpha value is -1.87. The highest BCUT2D eigenvalue weighted by Gasteiger charge is 2.30. The Morgan fingerprint density at radius 2 is 1.85 bits per heavy atom. The van der Waals surface area contributed by atoms with Gasteiger partial charge < -0.3 is 9.84 Å². The molecule has 27 heavy (non-hydrogen) atoms. The number of rotatable bonds is 7. The summed E-state index contributed by atoms with van der Waals surface area (Å²) in [5.41, 5.74) is 0.662. The van der Waals surface area contributed by atoms with Gasteiger partial charge in [0, 0.05) is 11.6 Å². The minimum absolute atomic E-state index is 0.00734. The quantitative estimate of drug-likeness (QED) is 0.674. The molecule has 0 atom stereocenters. The van der Waals surface area contributed by atoms with Crippen molar-refractivity contribution in [2.24, 2.45) is 0 Å². The maximum atomic E-state index is 13.0. The van der Waals surface area contributed by atoms with Gasteiger partial charge >= 0.3 is 5.97 Å². The van der Waals surface area contributed by atoms with Crippen LogP contribution in [0.15, 0.2) is 41.3 Å². The second-order valence-electron chi connectivity index (χ2n) is 5.53. The molecule has 0 aliphatic carbocycles. The molecule has 6 nitrogen and oxygen atoms in total. The van der Waals surface area contributed by atoms with Crippen molar-refractivity contribution in [2.75, 3.05) is 20.2 Å². The van der Waals surface area contributed by atoms with E-state index in [1.54, 1.807) is 0 Å². The van der Waals surface area contributed by atoms with E-state index in [1.165, 1.54) is 30.3 Å². The number of methoxy groups -OCH3 is 1. The lowest BCUT2D eigenvalue weighted by Gasteiger charge is -2.22. The van der Waals surface area contributed by atoms with Gasteiger partial charge in [0.05, 0.1) is 12.1 Å². The molecule has 0 aliphatic heterocycles. The summed E-state index contributed by atoms with van der Waals surface area (Å²) in [6, 6.07) is 7.74. The number of benzene rings is 2. The third-order valence-electron chi connectivity index (χ3n) is 3.71. The summed E-state index contributed by atoms with van der Waals surface area (Å²) in [6.07, 6.45) is 0.200. The van der Waals surface area contributed by atoms with Crippen LogP contribution in [0.5, 0.6) is 5.75 Å². The van der Waals surface area contributed by atoms with E-state index in [4.69, 9.17) is 23.2 Å². The average molecular weight is 436 g/mol. The van der Waals surface area contributed by atoms with Crippen LogP contribution in [0.2, 0.25) is 10.0 Å². The number of ether oxygens (including phenoxy) is 1. The van der Waals surface area contributed by atoms with Crippen molar-refractivity contribution >= 4 is 39.2 Å². The normalized spacial score (nSPS) is 11.6. The number of esters is 1. The van der Waals surface area contributed by atoms with Gasteiger partial charge in [0.2, 0.25) is 10.0 Å². The molecule has 146 valence electrons. The lowest BCUT2D eigenvalue weighted by atomic mass is 10.1. The van der Waals surface area contributed by atoms with Crippen LogP contribution in [0, 0.1) is 5.82 Å². The SMILES string of the molecule is COC(=O)CN(CCc1ccc(F)cc1)S(=O)(=O)c1cc(Cl)cc(Cl)c1O. The zero-order valence-electron chi connectivity index (χ0n) is 14.2. The van der Waals surface area contributed by atoms with Crippen molar-refractivity contribution in [3.8, 4) is 5.75 Å². The van der Waals surface area contributed by atoms with Crippen LogP contribution in [0.1, 0.15) is 5.56 Å². The van der Waals surface area contributed by atoms with Crippen LogP contribution in [-0.2, 0) is 26.0 Å². The summed E-state index contributed by atoms with van der Waals surface area (Å²) in [5.74, 6) is -1.88. The molecule has 0 saturated carbocycles. The zero-order chi connectivity index (χ0) is 20.2. The number of hydrogen-bond donors (Lipinski definition) is 1. The number of halogens is 3. The fourth-order valence-corrected chi connectivity index (χ4v) is 4.41. The highest BCUT2D eigenvalue weighted by molar-refractivity contribution is 7.89. The van der Waals surface area contributed by atoms with E-state index in [9.17, 15) is 22.7 Å². The fourth-order valence-electron chi connectivity index (χ4n) is 2.28. The van der Waals surface area contributed by atoms with Gasteiger partial charge in [-0.05, 0) is 36.2 Å². The lowest BCUT2D eigenvalue weighted by Crippen LogP contribution is -2.37. The van der Waals surface area contributed by atoms with Gasteiger partial charge in [-0.2, -0.15) is 4.31 Å². The van der Waals surface area contributed by atoms with Crippen molar-refractivity contribution in [3.63, 3.8) is 0 Å². The van der Waals surface area contributed by atoms with E-state index in [0.29, 0.717) is 5.56 Å². The molecule has 0 heterocycles. The number of carbonyl (C=O) groups is 1. The largest absolute Gasteiger partial charge is 0.505 e. The summed E-state index contributed by atoms with van der Waals surface area (Å²) in [7, 11) is -3.19. The highest BCUT2D eigenvalue weighted by atomic mass is 35.5. The predicted octanol–water partition coefficient (Wildman–Crippen LogP) is 3.24. The predicted molar refractivity (Wildman–Crippen MR) is 99.0 cm³/mol. The molecule has 0 saturated heterocycles. The van der Waals surface area contributed by atoms with Gasteiger partial charge in [-0.25, -0.2) is 12.8 Å². The number of sulfonamides is 1. The average Bonchev–Trinajstić information content (AvgIpc) is 2.62. The first kappa shape index (κ1) is 21.4. The second kappa shape index (κ2) is 8.88. The minimum atomic E-state index is -4.32. The summed E-state index contributed by atoms with van der Waals surface area (Å²) in [5, 5.41) is 9.83. The minimum Gasteiger partial charge on any atom is -0.505 e. The van der Waals surface area contributed by atoms with Crippen molar-refractivity contribution in [1.29, 1.82) is 0 Å². The zero-order valence-corrected chi connectivity index (χ0v) is 16.5. The van der Waals surface area contributed by atoms with E-state index in [-0.39, 0.29) is 23.0 Å². The third-order valence-corrected chi connectivity index (χ3v) is 6.07. The number of hydrogen-bond acceptors (Lipinski definition) is 5. The molecular weight excluding hydrogens is 420 g/mol. The third kappa shape index (κ3) is 5.32. The molecule has 0 spiro atoms. The van der Waals surface area contributed by atoms with Crippen molar-refractivity contribution < 1.29 is 27.4 Å². The Morgan fingerprint density at radius 3 is 2.44 bits per heavy atom. The van der Waals surface area contributed by atoms with Crippen molar-refractivity contribution in [1.82, 2.24) is 4.31 Å². The molecule has 2 aromatic rings. The Kier molecular flexibility index (Phi) is 7.05. The maximum absolute atomic E-state index is 13.0. The van der Waals surface area contributed by atoms with Gasteiger partial charge in [-0.3, -0.25) is 4.79 Å². The molecule has 0 amide bonds. The molecule has 0 fully saturated rings. The Labute approximate surface area is 166 Å². The molecule has 0 unspecified atom stereocenters. The maximum Gasteiger partial charge on any atom is 0.321 e.